The lowest BCUT2D eigenvalue weighted by Crippen LogP contribution is -2.17. The van der Waals surface area contributed by atoms with Crippen LogP contribution in [0.15, 0.2) is 36.7 Å². The fourth-order valence-electron chi connectivity index (χ4n) is 4.79. The van der Waals surface area contributed by atoms with Crippen LogP contribution >= 0.6 is 22.6 Å². The predicted molar refractivity (Wildman–Crippen MR) is 132 cm³/mol. The van der Waals surface area contributed by atoms with E-state index in [-0.39, 0.29) is 17.3 Å². The SMILES string of the molecule is CN1CCC2(CC2COc2cc3ncnc(Nc4ccc(F)c(CI)c4)c3cc2[N+](=O)[O-])C1. The second-order valence-electron chi connectivity index (χ2n) is 8.94. The fraction of sp³-hybridized carbons (Fsp3) is 0.391. The van der Waals surface area contributed by atoms with Crippen LogP contribution in [0.1, 0.15) is 18.4 Å². The Morgan fingerprint density at radius 2 is 2.21 bits per heavy atom. The molecule has 0 amide bonds. The van der Waals surface area contributed by atoms with Crippen LogP contribution in [0.3, 0.4) is 0 Å². The summed E-state index contributed by atoms with van der Waals surface area (Å²) in [5, 5.41) is 15.5. The van der Waals surface area contributed by atoms with E-state index in [1.54, 1.807) is 18.2 Å². The molecule has 1 spiro atoms. The van der Waals surface area contributed by atoms with E-state index < -0.39 is 4.92 Å². The van der Waals surface area contributed by atoms with E-state index in [4.69, 9.17) is 4.74 Å². The molecule has 3 aromatic rings. The van der Waals surface area contributed by atoms with Crippen LogP contribution in [0.25, 0.3) is 10.9 Å². The van der Waals surface area contributed by atoms with Gasteiger partial charge in [-0.1, -0.05) is 22.6 Å². The summed E-state index contributed by atoms with van der Waals surface area (Å²) < 4.78 is 20.3. The van der Waals surface area contributed by atoms with Gasteiger partial charge in [0.15, 0.2) is 5.75 Å². The van der Waals surface area contributed by atoms with Crippen molar-refractivity contribution in [1.29, 1.82) is 0 Å². The number of anilines is 2. The van der Waals surface area contributed by atoms with Crippen LogP contribution in [0.2, 0.25) is 0 Å². The second-order valence-corrected chi connectivity index (χ2v) is 9.71. The summed E-state index contributed by atoms with van der Waals surface area (Å²) in [5.74, 6) is 0.780. The zero-order valence-electron chi connectivity index (χ0n) is 18.1. The van der Waals surface area contributed by atoms with Crippen LogP contribution in [0.5, 0.6) is 5.75 Å². The Bertz CT molecular complexity index is 1240. The maximum Gasteiger partial charge on any atom is 0.311 e. The molecule has 2 aliphatic rings. The number of halogens is 2. The highest BCUT2D eigenvalue weighted by Gasteiger charge is 2.56. The number of alkyl halides is 1. The van der Waals surface area contributed by atoms with Gasteiger partial charge in [0.25, 0.3) is 0 Å². The van der Waals surface area contributed by atoms with Gasteiger partial charge in [-0.05, 0) is 55.6 Å². The number of rotatable bonds is 7. The molecule has 0 radical (unpaired) electrons. The molecule has 1 aliphatic heterocycles. The van der Waals surface area contributed by atoms with Crippen molar-refractivity contribution in [1.82, 2.24) is 14.9 Å². The molecule has 8 nitrogen and oxygen atoms in total. The van der Waals surface area contributed by atoms with Crippen molar-refractivity contribution >= 4 is 50.7 Å². The van der Waals surface area contributed by atoms with Crippen molar-refractivity contribution in [2.24, 2.45) is 11.3 Å². The first kappa shape index (κ1) is 22.2. The average molecular weight is 563 g/mol. The summed E-state index contributed by atoms with van der Waals surface area (Å²) in [6, 6.07) is 7.75. The maximum absolute atomic E-state index is 13.8. The third-order valence-electron chi connectivity index (χ3n) is 6.74. The van der Waals surface area contributed by atoms with Gasteiger partial charge >= 0.3 is 5.69 Å². The largest absolute Gasteiger partial charge is 0.486 e. The molecule has 1 saturated carbocycles. The minimum absolute atomic E-state index is 0.120. The van der Waals surface area contributed by atoms with E-state index in [2.05, 4.69) is 49.8 Å². The highest BCUT2D eigenvalue weighted by Crippen LogP contribution is 2.58. The molecule has 2 atom stereocenters. The molecule has 5 rings (SSSR count). The molecule has 2 fully saturated rings. The molecule has 1 aromatic heterocycles. The van der Waals surface area contributed by atoms with Gasteiger partial charge in [0.05, 0.1) is 22.4 Å². The van der Waals surface area contributed by atoms with E-state index in [9.17, 15) is 14.5 Å². The first-order chi connectivity index (χ1) is 15.9. The van der Waals surface area contributed by atoms with Crippen LogP contribution in [0, 0.1) is 27.3 Å². The number of nitrogens with zero attached hydrogens (tertiary/aromatic N) is 4. The van der Waals surface area contributed by atoms with Gasteiger partial charge in [0.2, 0.25) is 0 Å². The Morgan fingerprint density at radius 3 is 2.94 bits per heavy atom. The molecular formula is C23H23FIN5O3. The van der Waals surface area contributed by atoms with E-state index in [0.29, 0.717) is 50.3 Å². The number of nitrogens with one attached hydrogen (secondary N) is 1. The standard InChI is InChI=1S/C23H23FIN5O3/c1-29-5-4-23(12-29)9-15(23)11-33-21-8-19-17(7-20(21)30(31)32)22(27-13-26-19)28-16-2-3-18(24)14(6-16)10-25/h2-3,6-8,13,15H,4-5,9-12H2,1H3,(H,26,27,28). The van der Waals surface area contributed by atoms with Crippen molar-refractivity contribution in [3.8, 4) is 5.75 Å². The zero-order chi connectivity index (χ0) is 23.2. The Balaban J connectivity index is 1.41. The lowest BCUT2D eigenvalue weighted by atomic mass is 10.0. The van der Waals surface area contributed by atoms with E-state index in [1.807, 2.05) is 0 Å². The van der Waals surface area contributed by atoms with Gasteiger partial charge in [-0.3, -0.25) is 10.1 Å². The third-order valence-corrected chi connectivity index (χ3v) is 7.56. The Morgan fingerprint density at radius 1 is 1.36 bits per heavy atom. The number of hydrogen-bond donors (Lipinski definition) is 1. The lowest BCUT2D eigenvalue weighted by Gasteiger charge is -2.13. The smallest absolute Gasteiger partial charge is 0.311 e. The van der Waals surface area contributed by atoms with Gasteiger partial charge < -0.3 is 15.0 Å². The van der Waals surface area contributed by atoms with Crippen molar-refractivity contribution in [3.05, 3.63) is 58.2 Å². The van der Waals surface area contributed by atoms with Crippen molar-refractivity contribution in [2.75, 3.05) is 32.1 Å². The highest BCUT2D eigenvalue weighted by atomic mass is 127. The second kappa shape index (κ2) is 8.64. The Hall–Kier alpha value is -2.60. The number of nitro groups is 1. The number of benzene rings is 2. The first-order valence-corrected chi connectivity index (χ1v) is 12.3. The zero-order valence-corrected chi connectivity index (χ0v) is 20.2. The van der Waals surface area contributed by atoms with Crippen LogP contribution in [-0.2, 0) is 4.43 Å². The molecule has 1 N–H and O–H groups in total. The third kappa shape index (κ3) is 4.33. The summed E-state index contributed by atoms with van der Waals surface area (Å²) in [6.45, 7) is 2.61. The van der Waals surface area contributed by atoms with Gasteiger partial charge in [0, 0.05) is 34.7 Å². The number of aromatic nitrogens is 2. The van der Waals surface area contributed by atoms with E-state index in [1.165, 1.54) is 18.5 Å². The molecule has 2 heterocycles. The maximum atomic E-state index is 13.8. The molecule has 0 bridgehead atoms. The summed E-state index contributed by atoms with van der Waals surface area (Å²) in [5.41, 5.74) is 1.94. The molecule has 10 heteroatoms. The molecule has 172 valence electrons. The first-order valence-electron chi connectivity index (χ1n) is 10.7. The number of ether oxygens (including phenoxy) is 1. The average Bonchev–Trinajstić information content (AvgIpc) is 3.34. The molecule has 1 aliphatic carbocycles. The van der Waals surface area contributed by atoms with E-state index in [0.717, 1.165) is 25.9 Å². The highest BCUT2D eigenvalue weighted by molar-refractivity contribution is 14.1. The van der Waals surface area contributed by atoms with Gasteiger partial charge in [0.1, 0.15) is 18.0 Å². The van der Waals surface area contributed by atoms with Gasteiger partial charge in [-0.15, -0.1) is 0 Å². The number of fused-ring (bicyclic) bond motifs is 1. The molecule has 2 aromatic carbocycles. The van der Waals surface area contributed by atoms with Crippen molar-refractivity contribution in [3.63, 3.8) is 0 Å². The topological polar surface area (TPSA) is 93.4 Å². The molecule has 33 heavy (non-hydrogen) atoms. The molecule has 2 unspecified atom stereocenters. The number of nitro benzene ring substituents is 1. The predicted octanol–water partition coefficient (Wildman–Crippen LogP) is 5.08. The minimum Gasteiger partial charge on any atom is -0.486 e. The van der Waals surface area contributed by atoms with E-state index >= 15 is 0 Å². The number of hydrogen-bond acceptors (Lipinski definition) is 7. The molecular weight excluding hydrogens is 540 g/mol. The normalized spacial score (nSPS) is 22.1. The quantitative estimate of drug-likeness (QED) is 0.186. The Labute approximate surface area is 203 Å². The van der Waals surface area contributed by atoms with Crippen molar-refractivity contribution in [2.45, 2.75) is 17.3 Å². The van der Waals surface area contributed by atoms with Crippen LogP contribution in [-0.4, -0.2) is 46.5 Å². The van der Waals surface area contributed by atoms with Crippen LogP contribution in [0.4, 0.5) is 21.6 Å². The van der Waals surface area contributed by atoms with Crippen molar-refractivity contribution < 1.29 is 14.1 Å². The monoisotopic (exact) mass is 563 g/mol. The summed E-state index contributed by atoms with van der Waals surface area (Å²) in [7, 11) is 2.12. The van der Waals surface area contributed by atoms with Gasteiger partial charge in [-0.2, -0.15) is 0 Å². The fourth-order valence-corrected chi connectivity index (χ4v) is 5.37. The minimum atomic E-state index is -0.441. The Kier molecular flexibility index (Phi) is 5.81. The van der Waals surface area contributed by atoms with Crippen LogP contribution < -0.4 is 10.1 Å². The molecule has 1 saturated heterocycles. The summed E-state index contributed by atoms with van der Waals surface area (Å²) in [6.07, 6.45) is 3.65. The summed E-state index contributed by atoms with van der Waals surface area (Å²) in [4.78, 5) is 22.3. The van der Waals surface area contributed by atoms with Gasteiger partial charge in [-0.25, -0.2) is 14.4 Å². The lowest BCUT2D eigenvalue weighted by molar-refractivity contribution is -0.385. The number of likely N-dealkylation sites (tertiary alicyclic amines) is 1. The summed E-state index contributed by atoms with van der Waals surface area (Å²) >= 11 is 2.10.